The third-order valence-electron chi connectivity index (χ3n) is 4.95. The summed E-state index contributed by atoms with van der Waals surface area (Å²) >= 11 is 1.81. The maximum atomic E-state index is 11.7. The van der Waals surface area contributed by atoms with E-state index in [2.05, 4.69) is 20.7 Å². The molecule has 2 saturated heterocycles. The molecule has 2 aliphatic heterocycles. The molecule has 8 heteroatoms. The van der Waals surface area contributed by atoms with Gasteiger partial charge in [0.1, 0.15) is 0 Å². The van der Waals surface area contributed by atoms with Crippen molar-refractivity contribution in [1.29, 1.82) is 0 Å². The molecule has 126 valence electrons. The molecule has 0 aromatic carbocycles. The van der Waals surface area contributed by atoms with Crippen molar-refractivity contribution in [1.82, 2.24) is 25.0 Å². The minimum atomic E-state index is -0.0280. The summed E-state index contributed by atoms with van der Waals surface area (Å²) < 4.78 is 1.99. The topological polar surface area (TPSA) is 66.3 Å². The molecule has 2 aromatic heterocycles. The van der Waals surface area contributed by atoms with Crippen LogP contribution in [0.3, 0.4) is 0 Å². The molecule has 4 heterocycles. The van der Waals surface area contributed by atoms with Crippen LogP contribution in [0.1, 0.15) is 35.5 Å². The lowest BCUT2D eigenvalue weighted by molar-refractivity contribution is 0.0897. The summed E-state index contributed by atoms with van der Waals surface area (Å²) in [5.74, 6) is 0.748. The van der Waals surface area contributed by atoms with E-state index in [4.69, 9.17) is 4.98 Å². The second kappa shape index (κ2) is 5.56. The highest BCUT2D eigenvalue weighted by molar-refractivity contribution is 7.09. The Morgan fingerprint density at radius 3 is 2.96 bits per heavy atom. The van der Waals surface area contributed by atoms with Gasteiger partial charge in [0, 0.05) is 50.2 Å². The van der Waals surface area contributed by atoms with E-state index in [1.807, 2.05) is 22.2 Å². The minimum absolute atomic E-state index is 0.0280. The Kier molecular flexibility index (Phi) is 3.34. The smallest absolute Gasteiger partial charge is 0.322 e. The summed E-state index contributed by atoms with van der Waals surface area (Å²) in [5, 5.41) is 10.8. The number of hydrogen-bond donors (Lipinski definition) is 1. The number of nitrogens with zero attached hydrogens (tertiary/aromatic N) is 5. The molecule has 1 saturated carbocycles. The molecule has 0 radical (unpaired) electrons. The fourth-order valence-corrected chi connectivity index (χ4v) is 4.35. The maximum Gasteiger partial charge on any atom is 0.322 e. The van der Waals surface area contributed by atoms with Gasteiger partial charge in [-0.25, -0.2) is 9.78 Å². The number of nitrogens with one attached hydrogen (secondary N) is 1. The van der Waals surface area contributed by atoms with E-state index in [9.17, 15) is 4.79 Å². The van der Waals surface area contributed by atoms with Crippen molar-refractivity contribution in [3.05, 3.63) is 28.5 Å². The van der Waals surface area contributed by atoms with Gasteiger partial charge in [-0.05, 0) is 12.8 Å². The Labute approximate surface area is 144 Å². The monoisotopic (exact) mass is 344 g/mol. The Morgan fingerprint density at radius 1 is 1.33 bits per heavy atom. The number of rotatable bonds is 5. The van der Waals surface area contributed by atoms with E-state index < -0.39 is 0 Å². The lowest BCUT2D eigenvalue weighted by atomic mass is 10.1. The van der Waals surface area contributed by atoms with Crippen LogP contribution in [0.15, 0.2) is 17.8 Å². The van der Waals surface area contributed by atoms with Gasteiger partial charge in [-0.1, -0.05) is 0 Å². The fourth-order valence-electron chi connectivity index (χ4n) is 3.37. The normalized spacial score (nSPS) is 22.0. The van der Waals surface area contributed by atoms with Crippen molar-refractivity contribution >= 4 is 23.1 Å². The molecule has 24 heavy (non-hydrogen) atoms. The Balaban J connectivity index is 1.17. The largest absolute Gasteiger partial charge is 0.336 e. The Hall–Kier alpha value is -1.93. The second-order valence-electron chi connectivity index (χ2n) is 6.86. The van der Waals surface area contributed by atoms with Gasteiger partial charge in [-0.2, -0.15) is 5.10 Å². The summed E-state index contributed by atoms with van der Waals surface area (Å²) in [6, 6.07) is 0.366. The molecule has 2 amide bonds. The van der Waals surface area contributed by atoms with Crippen molar-refractivity contribution in [2.75, 3.05) is 31.1 Å². The van der Waals surface area contributed by atoms with Gasteiger partial charge in [0.05, 0.1) is 28.6 Å². The highest BCUT2D eigenvalue weighted by Crippen LogP contribution is 2.41. The van der Waals surface area contributed by atoms with E-state index in [1.165, 1.54) is 23.5 Å². The first-order valence-corrected chi connectivity index (χ1v) is 9.40. The number of carbonyl (C=O) groups is 1. The number of anilines is 1. The summed E-state index contributed by atoms with van der Waals surface area (Å²) in [6.07, 6.45) is 6.40. The molecule has 5 rings (SSSR count). The van der Waals surface area contributed by atoms with Gasteiger partial charge in [0.2, 0.25) is 0 Å². The predicted octanol–water partition coefficient (Wildman–Crippen LogP) is 1.80. The molecule has 2 aromatic rings. The van der Waals surface area contributed by atoms with Crippen LogP contribution in [-0.2, 0) is 6.54 Å². The third-order valence-corrected chi connectivity index (χ3v) is 6.01. The van der Waals surface area contributed by atoms with Gasteiger partial charge in [0.15, 0.2) is 0 Å². The third kappa shape index (κ3) is 2.59. The SMILES string of the molecule is O=C1NCCN1c1cnn(C2CN(Cc3csc(C4CC4)n3)C2)c1. The van der Waals surface area contributed by atoms with Crippen molar-refractivity contribution in [3.8, 4) is 0 Å². The van der Waals surface area contributed by atoms with Crippen LogP contribution in [-0.4, -0.2) is 51.9 Å². The summed E-state index contributed by atoms with van der Waals surface area (Å²) in [7, 11) is 0. The molecule has 0 atom stereocenters. The molecule has 1 N–H and O–H groups in total. The van der Waals surface area contributed by atoms with E-state index >= 15 is 0 Å². The lowest BCUT2D eigenvalue weighted by Crippen LogP contribution is -2.47. The van der Waals surface area contributed by atoms with E-state index in [0.717, 1.165) is 31.2 Å². The number of thiazole rings is 1. The van der Waals surface area contributed by atoms with Gasteiger partial charge in [-0.3, -0.25) is 14.5 Å². The lowest BCUT2D eigenvalue weighted by Gasteiger charge is -2.38. The minimum Gasteiger partial charge on any atom is -0.336 e. The molecule has 3 fully saturated rings. The summed E-state index contributed by atoms with van der Waals surface area (Å²) in [5.41, 5.74) is 2.09. The second-order valence-corrected chi connectivity index (χ2v) is 7.75. The molecular formula is C16H20N6OS. The number of amides is 2. The van der Waals surface area contributed by atoms with Crippen molar-refractivity contribution in [3.63, 3.8) is 0 Å². The summed E-state index contributed by atoms with van der Waals surface area (Å²) in [6.45, 7) is 4.34. The molecule has 0 bridgehead atoms. The highest BCUT2D eigenvalue weighted by Gasteiger charge is 2.31. The average molecular weight is 344 g/mol. The number of hydrogen-bond acceptors (Lipinski definition) is 5. The molecule has 7 nitrogen and oxygen atoms in total. The number of urea groups is 1. The van der Waals surface area contributed by atoms with Gasteiger partial charge >= 0.3 is 6.03 Å². The zero-order valence-corrected chi connectivity index (χ0v) is 14.2. The van der Waals surface area contributed by atoms with Crippen molar-refractivity contribution < 1.29 is 4.79 Å². The molecule has 0 spiro atoms. The van der Waals surface area contributed by atoms with Crippen LogP contribution in [0, 0.1) is 0 Å². The quantitative estimate of drug-likeness (QED) is 0.898. The molecule has 1 aliphatic carbocycles. The molecular weight excluding hydrogens is 324 g/mol. The van der Waals surface area contributed by atoms with E-state index in [-0.39, 0.29) is 6.03 Å². The first-order chi connectivity index (χ1) is 11.8. The molecule has 3 aliphatic rings. The first kappa shape index (κ1) is 14.4. The average Bonchev–Trinajstić information content (AvgIpc) is 2.95. The van der Waals surface area contributed by atoms with Crippen LogP contribution >= 0.6 is 11.3 Å². The van der Waals surface area contributed by atoms with Gasteiger partial charge < -0.3 is 5.32 Å². The van der Waals surface area contributed by atoms with Crippen molar-refractivity contribution in [2.45, 2.75) is 31.3 Å². The number of likely N-dealkylation sites (tertiary alicyclic amines) is 1. The van der Waals surface area contributed by atoms with Gasteiger partial charge in [0.25, 0.3) is 0 Å². The summed E-state index contributed by atoms with van der Waals surface area (Å²) in [4.78, 5) is 20.6. The number of aromatic nitrogens is 3. The predicted molar refractivity (Wildman–Crippen MR) is 91.4 cm³/mol. The Morgan fingerprint density at radius 2 is 2.21 bits per heavy atom. The molecule has 0 unspecified atom stereocenters. The first-order valence-electron chi connectivity index (χ1n) is 8.52. The Bertz CT molecular complexity index is 760. The highest BCUT2D eigenvalue weighted by atomic mass is 32.1. The van der Waals surface area contributed by atoms with Crippen LogP contribution < -0.4 is 10.2 Å². The van der Waals surface area contributed by atoms with Gasteiger partial charge in [-0.15, -0.1) is 11.3 Å². The van der Waals surface area contributed by atoms with Crippen LogP contribution in [0.5, 0.6) is 0 Å². The van der Waals surface area contributed by atoms with Crippen molar-refractivity contribution in [2.24, 2.45) is 0 Å². The van der Waals surface area contributed by atoms with E-state index in [1.54, 1.807) is 11.1 Å². The number of carbonyl (C=O) groups excluding carboxylic acids is 1. The zero-order valence-electron chi connectivity index (χ0n) is 13.4. The van der Waals surface area contributed by atoms with Crippen LogP contribution in [0.4, 0.5) is 10.5 Å². The maximum absolute atomic E-state index is 11.7. The zero-order chi connectivity index (χ0) is 16.1. The standard InChI is InChI=1S/C16H20N6OS/c23-16-17-3-4-21(16)13-5-18-22(9-13)14-7-20(8-14)6-12-10-24-15(19-12)11-1-2-11/h5,9-11,14H,1-4,6-8H2,(H,17,23). The van der Waals surface area contributed by atoms with Crippen LogP contribution in [0.25, 0.3) is 0 Å². The van der Waals surface area contributed by atoms with Crippen LogP contribution in [0.2, 0.25) is 0 Å². The fraction of sp³-hybridized carbons (Fsp3) is 0.562. The van der Waals surface area contributed by atoms with E-state index in [0.29, 0.717) is 19.1 Å².